The fourth-order valence-electron chi connectivity index (χ4n) is 2.12. The molecule has 0 aliphatic carbocycles. The summed E-state index contributed by atoms with van der Waals surface area (Å²) in [5, 5.41) is 9.22. The summed E-state index contributed by atoms with van der Waals surface area (Å²) in [4.78, 5) is 11.7. The van der Waals surface area contributed by atoms with Gasteiger partial charge in [0.25, 0.3) is 5.91 Å². The molecule has 1 fully saturated rings. The largest absolute Gasteiger partial charge is 0.350 e. The summed E-state index contributed by atoms with van der Waals surface area (Å²) in [6.07, 6.45) is 2.32. The molecule has 2 N–H and O–H groups in total. The Morgan fingerprint density at radius 3 is 2.94 bits per heavy atom. The van der Waals surface area contributed by atoms with Crippen LogP contribution in [-0.2, 0) is 9.47 Å². The van der Waals surface area contributed by atoms with Crippen LogP contribution >= 0.6 is 0 Å². The van der Waals surface area contributed by atoms with Crippen molar-refractivity contribution in [1.29, 1.82) is 0 Å². The minimum Gasteiger partial charge on any atom is -0.350 e. The highest BCUT2D eigenvalue weighted by atomic mass is 16.7. The van der Waals surface area contributed by atoms with E-state index in [1.165, 1.54) is 0 Å². The van der Waals surface area contributed by atoms with Crippen LogP contribution in [0.15, 0.2) is 12.3 Å². The number of H-pyrrole nitrogens is 1. The van der Waals surface area contributed by atoms with Crippen LogP contribution in [0.2, 0.25) is 0 Å². The van der Waals surface area contributed by atoms with E-state index in [9.17, 15) is 4.79 Å². The maximum Gasteiger partial charge on any atom is 0.269 e. The number of aromatic nitrogens is 2. The van der Waals surface area contributed by atoms with Crippen LogP contribution in [0.5, 0.6) is 0 Å². The molecule has 1 atom stereocenters. The lowest BCUT2D eigenvalue weighted by Gasteiger charge is -2.25. The fourth-order valence-corrected chi connectivity index (χ4v) is 2.12. The van der Waals surface area contributed by atoms with Crippen molar-refractivity contribution in [3.63, 3.8) is 0 Å². The van der Waals surface area contributed by atoms with Gasteiger partial charge in [-0.25, -0.2) is 0 Å². The second-order valence-corrected chi connectivity index (χ2v) is 4.82. The highest BCUT2D eigenvalue weighted by molar-refractivity contribution is 5.92. The smallest absolute Gasteiger partial charge is 0.269 e. The first-order valence-electron chi connectivity index (χ1n) is 6.14. The minimum atomic E-state index is -0.502. The summed E-state index contributed by atoms with van der Waals surface area (Å²) in [5.74, 6) is -0.365. The Bertz CT molecular complexity index is 385. The predicted octanol–water partition coefficient (Wildman–Crippen LogP) is 0.929. The van der Waals surface area contributed by atoms with Crippen LogP contribution in [0.4, 0.5) is 0 Å². The summed E-state index contributed by atoms with van der Waals surface area (Å²) in [7, 11) is 0. The number of amides is 1. The van der Waals surface area contributed by atoms with Crippen molar-refractivity contribution in [3.8, 4) is 0 Å². The molecule has 1 amide bonds. The SMILES string of the molecule is CC(CNC(=O)c1ccn[nH]1)CC1(C)OCCO1. The highest BCUT2D eigenvalue weighted by Crippen LogP contribution is 2.26. The maximum atomic E-state index is 11.7. The van der Waals surface area contributed by atoms with E-state index in [4.69, 9.17) is 9.47 Å². The molecule has 0 bridgehead atoms. The van der Waals surface area contributed by atoms with E-state index in [2.05, 4.69) is 22.4 Å². The normalized spacial score (nSPS) is 19.7. The molecule has 0 aromatic carbocycles. The number of carbonyl (C=O) groups excluding carboxylic acids is 1. The Morgan fingerprint density at radius 2 is 2.33 bits per heavy atom. The van der Waals surface area contributed by atoms with Gasteiger partial charge in [0.05, 0.1) is 13.2 Å². The third-order valence-electron chi connectivity index (χ3n) is 2.97. The molecule has 1 aliphatic rings. The van der Waals surface area contributed by atoms with Gasteiger partial charge in [0.2, 0.25) is 0 Å². The van der Waals surface area contributed by atoms with Crippen LogP contribution in [0, 0.1) is 5.92 Å². The van der Waals surface area contributed by atoms with Gasteiger partial charge in [0, 0.05) is 19.2 Å². The van der Waals surface area contributed by atoms with E-state index in [0.717, 1.165) is 6.42 Å². The minimum absolute atomic E-state index is 0.141. The van der Waals surface area contributed by atoms with Gasteiger partial charge >= 0.3 is 0 Å². The van der Waals surface area contributed by atoms with Crippen molar-refractivity contribution in [2.45, 2.75) is 26.1 Å². The number of ether oxygens (including phenoxy) is 2. The number of carbonyl (C=O) groups is 1. The van der Waals surface area contributed by atoms with E-state index >= 15 is 0 Å². The van der Waals surface area contributed by atoms with Gasteiger partial charge in [0.15, 0.2) is 5.79 Å². The standard InChI is InChI=1S/C12H19N3O3/c1-9(7-12(2)17-5-6-18-12)8-13-11(16)10-3-4-14-15-10/h3-4,9H,5-8H2,1-2H3,(H,13,16)(H,14,15). The molecule has 0 saturated carbocycles. The number of rotatable bonds is 5. The van der Waals surface area contributed by atoms with E-state index < -0.39 is 5.79 Å². The number of hydrogen-bond acceptors (Lipinski definition) is 4. The van der Waals surface area contributed by atoms with Crippen molar-refractivity contribution < 1.29 is 14.3 Å². The van der Waals surface area contributed by atoms with Crippen molar-refractivity contribution >= 4 is 5.91 Å². The zero-order valence-electron chi connectivity index (χ0n) is 10.7. The summed E-state index contributed by atoms with van der Waals surface area (Å²) in [5.41, 5.74) is 0.474. The second-order valence-electron chi connectivity index (χ2n) is 4.82. The molecule has 1 saturated heterocycles. The first-order chi connectivity index (χ1) is 8.59. The second kappa shape index (κ2) is 5.49. The van der Waals surface area contributed by atoms with Gasteiger partial charge in [-0.15, -0.1) is 0 Å². The summed E-state index contributed by atoms with van der Waals surface area (Å²) in [6.45, 7) is 5.87. The molecule has 6 nitrogen and oxygen atoms in total. The van der Waals surface area contributed by atoms with Gasteiger partial charge in [-0.3, -0.25) is 9.89 Å². The lowest BCUT2D eigenvalue weighted by Crippen LogP contribution is -2.34. The molecular weight excluding hydrogens is 234 g/mol. The van der Waals surface area contributed by atoms with Gasteiger partial charge in [-0.2, -0.15) is 5.10 Å². The molecular formula is C12H19N3O3. The van der Waals surface area contributed by atoms with Crippen molar-refractivity contribution in [2.24, 2.45) is 5.92 Å². The Balaban J connectivity index is 1.74. The van der Waals surface area contributed by atoms with E-state index in [1.54, 1.807) is 12.3 Å². The van der Waals surface area contributed by atoms with Crippen LogP contribution in [0.3, 0.4) is 0 Å². The number of nitrogens with zero attached hydrogens (tertiary/aromatic N) is 1. The summed E-state index contributed by atoms with van der Waals surface area (Å²) in [6, 6.07) is 1.64. The van der Waals surface area contributed by atoms with Crippen LogP contribution in [0.1, 0.15) is 30.8 Å². The number of aromatic amines is 1. The molecule has 18 heavy (non-hydrogen) atoms. The van der Waals surface area contributed by atoms with E-state index in [-0.39, 0.29) is 11.8 Å². The van der Waals surface area contributed by atoms with Crippen molar-refractivity contribution in [1.82, 2.24) is 15.5 Å². The number of nitrogens with one attached hydrogen (secondary N) is 2. The summed E-state index contributed by atoms with van der Waals surface area (Å²) >= 11 is 0. The molecule has 1 aromatic heterocycles. The zero-order valence-corrected chi connectivity index (χ0v) is 10.7. The van der Waals surface area contributed by atoms with Crippen molar-refractivity contribution in [2.75, 3.05) is 19.8 Å². The fraction of sp³-hybridized carbons (Fsp3) is 0.667. The monoisotopic (exact) mass is 253 g/mol. The van der Waals surface area contributed by atoms with Gasteiger partial charge in [-0.1, -0.05) is 6.92 Å². The molecule has 0 radical (unpaired) electrons. The van der Waals surface area contributed by atoms with Crippen LogP contribution in [0.25, 0.3) is 0 Å². The number of hydrogen-bond donors (Lipinski definition) is 2. The highest BCUT2D eigenvalue weighted by Gasteiger charge is 2.32. The molecule has 100 valence electrons. The van der Waals surface area contributed by atoms with Gasteiger partial charge in [0.1, 0.15) is 5.69 Å². The maximum absolute atomic E-state index is 11.7. The average Bonchev–Trinajstić information content (AvgIpc) is 2.97. The Morgan fingerprint density at radius 1 is 1.61 bits per heavy atom. The average molecular weight is 253 g/mol. The van der Waals surface area contributed by atoms with Crippen molar-refractivity contribution in [3.05, 3.63) is 18.0 Å². The topological polar surface area (TPSA) is 76.2 Å². The molecule has 6 heteroatoms. The molecule has 1 unspecified atom stereocenters. The third kappa shape index (κ3) is 3.30. The molecule has 0 spiro atoms. The van der Waals surface area contributed by atoms with Gasteiger partial charge < -0.3 is 14.8 Å². The van der Waals surface area contributed by atoms with Crippen LogP contribution in [-0.4, -0.2) is 41.7 Å². The lowest BCUT2D eigenvalue weighted by atomic mass is 10.0. The Hall–Kier alpha value is -1.40. The molecule has 1 aliphatic heterocycles. The predicted molar refractivity (Wildman–Crippen MR) is 65.0 cm³/mol. The van der Waals surface area contributed by atoms with Gasteiger partial charge in [-0.05, 0) is 18.9 Å². The van der Waals surface area contributed by atoms with E-state index in [1.807, 2.05) is 6.92 Å². The Kier molecular flexibility index (Phi) is 3.98. The van der Waals surface area contributed by atoms with Crippen LogP contribution < -0.4 is 5.32 Å². The summed E-state index contributed by atoms with van der Waals surface area (Å²) < 4.78 is 11.1. The first kappa shape index (κ1) is 13.0. The molecule has 1 aromatic rings. The van der Waals surface area contributed by atoms with E-state index in [0.29, 0.717) is 25.5 Å². The quantitative estimate of drug-likeness (QED) is 0.818. The molecule has 2 heterocycles. The lowest BCUT2D eigenvalue weighted by molar-refractivity contribution is -0.153. The third-order valence-corrected chi connectivity index (χ3v) is 2.97. The Labute approximate surface area is 106 Å². The first-order valence-corrected chi connectivity index (χ1v) is 6.14. The zero-order chi connectivity index (χ0) is 13.0. The molecule has 2 rings (SSSR count).